The van der Waals surface area contributed by atoms with Gasteiger partial charge >= 0.3 is 6.09 Å². The molecule has 2 aromatic rings. The van der Waals surface area contributed by atoms with Gasteiger partial charge < -0.3 is 4.74 Å². The van der Waals surface area contributed by atoms with Gasteiger partial charge in [-0.1, -0.05) is 0 Å². The summed E-state index contributed by atoms with van der Waals surface area (Å²) in [5.41, 5.74) is 1.86. The maximum Gasteiger partial charge on any atom is 0.428 e. The SMILES string of the molecule is NNC(=O)Oc1nccc2ccncc12. The van der Waals surface area contributed by atoms with Crippen molar-refractivity contribution < 1.29 is 9.53 Å². The number of hydrogen-bond donors (Lipinski definition) is 2. The van der Waals surface area contributed by atoms with E-state index in [1.54, 1.807) is 30.7 Å². The van der Waals surface area contributed by atoms with Gasteiger partial charge in [0.05, 0.1) is 5.39 Å². The summed E-state index contributed by atoms with van der Waals surface area (Å²) in [6.07, 6.45) is 4.00. The Morgan fingerprint density at radius 1 is 1.40 bits per heavy atom. The number of carbonyl (C=O) groups is 1. The summed E-state index contributed by atoms with van der Waals surface area (Å²) >= 11 is 0. The standard InChI is InChI=1S/C9H8N4O2/c10-13-9(14)15-8-7-5-11-3-1-6(7)2-4-12-8/h1-5H,10H2,(H,13,14). The maximum atomic E-state index is 10.9. The van der Waals surface area contributed by atoms with Gasteiger partial charge in [-0.25, -0.2) is 15.6 Å². The second-order valence-electron chi connectivity index (χ2n) is 2.75. The molecule has 0 aliphatic heterocycles. The molecule has 0 unspecified atom stereocenters. The van der Waals surface area contributed by atoms with E-state index in [9.17, 15) is 4.79 Å². The number of rotatable bonds is 1. The zero-order chi connectivity index (χ0) is 10.7. The topological polar surface area (TPSA) is 90.1 Å². The highest BCUT2D eigenvalue weighted by Gasteiger charge is 2.07. The van der Waals surface area contributed by atoms with Crippen molar-refractivity contribution in [3.8, 4) is 5.88 Å². The summed E-state index contributed by atoms with van der Waals surface area (Å²) in [5.74, 6) is 5.08. The molecule has 15 heavy (non-hydrogen) atoms. The summed E-state index contributed by atoms with van der Waals surface area (Å²) in [6, 6.07) is 3.59. The van der Waals surface area contributed by atoms with Crippen molar-refractivity contribution in [3.05, 3.63) is 30.7 Å². The third-order valence-electron chi connectivity index (χ3n) is 1.84. The van der Waals surface area contributed by atoms with E-state index in [0.29, 0.717) is 5.39 Å². The van der Waals surface area contributed by atoms with Gasteiger partial charge in [-0.2, -0.15) is 0 Å². The number of amides is 1. The second-order valence-corrected chi connectivity index (χ2v) is 2.75. The number of nitrogens with two attached hydrogens (primary N) is 1. The van der Waals surface area contributed by atoms with Gasteiger partial charge in [0.1, 0.15) is 0 Å². The van der Waals surface area contributed by atoms with Crippen LogP contribution in [0.25, 0.3) is 10.8 Å². The van der Waals surface area contributed by atoms with Crippen LogP contribution in [0.3, 0.4) is 0 Å². The van der Waals surface area contributed by atoms with E-state index < -0.39 is 6.09 Å². The largest absolute Gasteiger partial charge is 0.428 e. The number of nitrogens with zero attached hydrogens (tertiary/aromatic N) is 2. The number of pyridine rings is 2. The van der Waals surface area contributed by atoms with E-state index in [1.807, 2.05) is 5.43 Å². The highest BCUT2D eigenvalue weighted by molar-refractivity contribution is 5.87. The Bertz CT molecular complexity index is 495. The molecule has 0 radical (unpaired) electrons. The number of carbonyl (C=O) groups excluding carboxylic acids is 1. The Balaban J connectivity index is 2.46. The van der Waals surface area contributed by atoms with Crippen molar-refractivity contribution in [1.29, 1.82) is 0 Å². The smallest absolute Gasteiger partial charge is 0.390 e. The Kier molecular flexibility index (Phi) is 2.42. The maximum absolute atomic E-state index is 10.9. The molecule has 0 atom stereocenters. The predicted octanol–water partition coefficient (Wildman–Crippen LogP) is 0.592. The molecule has 3 N–H and O–H groups in total. The van der Waals surface area contributed by atoms with Crippen LogP contribution in [0.4, 0.5) is 4.79 Å². The summed E-state index contributed by atoms with van der Waals surface area (Å²) in [7, 11) is 0. The molecule has 0 aliphatic carbocycles. The first-order chi connectivity index (χ1) is 7.31. The molecular weight excluding hydrogens is 196 g/mol. The van der Waals surface area contributed by atoms with Gasteiger partial charge in [0.25, 0.3) is 0 Å². The van der Waals surface area contributed by atoms with Gasteiger partial charge in [0.2, 0.25) is 5.88 Å². The second kappa shape index (κ2) is 3.89. The van der Waals surface area contributed by atoms with Crippen molar-refractivity contribution in [1.82, 2.24) is 15.4 Å². The van der Waals surface area contributed by atoms with Crippen LogP contribution in [-0.4, -0.2) is 16.1 Å². The quantitative estimate of drug-likeness (QED) is 0.403. The lowest BCUT2D eigenvalue weighted by Crippen LogP contribution is -2.33. The first kappa shape index (κ1) is 9.35. The molecule has 2 rings (SSSR count). The van der Waals surface area contributed by atoms with Crippen LogP contribution in [0.5, 0.6) is 5.88 Å². The molecule has 0 bridgehead atoms. The third-order valence-corrected chi connectivity index (χ3v) is 1.84. The molecule has 2 aromatic heterocycles. The zero-order valence-electron chi connectivity index (χ0n) is 7.68. The molecular formula is C9H8N4O2. The Morgan fingerprint density at radius 3 is 3.00 bits per heavy atom. The molecule has 6 nitrogen and oxygen atoms in total. The predicted molar refractivity (Wildman–Crippen MR) is 52.9 cm³/mol. The lowest BCUT2D eigenvalue weighted by molar-refractivity contribution is 0.199. The highest BCUT2D eigenvalue weighted by Crippen LogP contribution is 2.21. The van der Waals surface area contributed by atoms with Gasteiger partial charge in [0.15, 0.2) is 0 Å². The van der Waals surface area contributed by atoms with Crippen LogP contribution in [-0.2, 0) is 0 Å². The van der Waals surface area contributed by atoms with Crippen LogP contribution in [0.1, 0.15) is 0 Å². The Hall–Kier alpha value is -2.21. The minimum Gasteiger partial charge on any atom is -0.390 e. The first-order valence-electron chi connectivity index (χ1n) is 4.18. The third kappa shape index (κ3) is 1.84. The Morgan fingerprint density at radius 2 is 2.20 bits per heavy atom. The molecule has 0 fully saturated rings. The number of ether oxygens (including phenoxy) is 1. The number of hydrazine groups is 1. The van der Waals surface area contributed by atoms with Crippen molar-refractivity contribution in [2.45, 2.75) is 0 Å². The summed E-state index contributed by atoms with van der Waals surface area (Å²) in [4.78, 5) is 18.7. The number of fused-ring (bicyclic) bond motifs is 1. The fourth-order valence-corrected chi connectivity index (χ4v) is 1.18. The van der Waals surface area contributed by atoms with Crippen LogP contribution < -0.4 is 16.0 Å². The average Bonchev–Trinajstić information content (AvgIpc) is 2.29. The molecule has 0 spiro atoms. The summed E-state index contributed by atoms with van der Waals surface area (Å²) in [6.45, 7) is 0. The number of hydrogen-bond acceptors (Lipinski definition) is 5. The highest BCUT2D eigenvalue weighted by atomic mass is 16.6. The van der Waals surface area contributed by atoms with Gasteiger partial charge in [-0.15, -0.1) is 0 Å². The van der Waals surface area contributed by atoms with Crippen LogP contribution >= 0.6 is 0 Å². The lowest BCUT2D eigenvalue weighted by atomic mass is 10.2. The molecule has 0 aromatic carbocycles. The van der Waals surface area contributed by atoms with Crippen LogP contribution in [0.15, 0.2) is 30.7 Å². The van der Waals surface area contributed by atoms with E-state index in [2.05, 4.69) is 9.97 Å². The minimum absolute atomic E-state index is 0.184. The van der Waals surface area contributed by atoms with E-state index >= 15 is 0 Å². The average molecular weight is 204 g/mol. The van der Waals surface area contributed by atoms with E-state index in [-0.39, 0.29) is 5.88 Å². The minimum atomic E-state index is -0.765. The molecule has 1 amide bonds. The summed E-state index contributed by atoms with van der Waals surface area (Å²) < 4.78 is 4.85. The molecule has 2 heterocycles. The molecule has 0 aliphatic rings. The lowest BCUT2D eigenvalue weighted by Gasteiger charge is -2.04. The van der Waals surface area contributed by atoms with Gasteiger partial charge in [-0.3, -0.25) is 10.4 Å². The van der Waals surface area contributed by atoms with Crippen molar-refractivity contribution >= 4 is 16.9 Å². The fraction of sp³-hybridized carbons (Fsp3) is 0. The zero-order valence-corrected chi connectivity index (χ0v) is 7.68. The first-order valence-corrected chi connectivity index (χ1v) is 4.18. The van der Waals surface area contributed by atoms with E-state index in [0.717, 1.165) is 5.39 Å². The van der Waals surface area contributed by atoms with E-state index in [1.165, 1.54) is 0 Å². The Labute approximate surface area is 85.1 Å². The molecule has 0 saturated carbocycles. The van der Waals surface area contributed by atoms with Crippen molar-refractivity contribution in [3.63, 3.8) is 0 Å². The number of nitrogens with one attached hydrogen (secondary N) is 1. The van der Waals surface area contributed by atoms with Crippen molar-refractivity contribution in [2.24, 2.45) is 5.84 Å². The van der Waals surface area contributed by atoms with Gasteiger partial charge in [-0.05, 0) is 17.5 Å². The molecule has 0 saturated heterocycles. The van der Waals surface area contributed by atoms with Crippen molar-refractivity contribution in [2.75, 3.05) is 0 Å². The molecule has 76 valence electrons. The van der Waals surface area contributed by atoms with Gasteiger partial charge in [0, 0.05) is 18.6 Å². The molecule has 6 heteroatoms. The van der Waals surface area contributed by atoms with Crippen LogP contribution in [0.2, 0.25) is 0 Å². The fourth-order valence-electron chi connectivity index (χ4n) is 1.18. The van der Waals surface area contributed by atoms with E-state index in [4.69, 9.17) is 10.6 Å². The normalized spacial score (nSPS) is 9.93. The van der Waals surface area contributed by atoms with Crippen LogP contribution in [0, 0.1) is 0 Å². The summed E-state index contributed by atoms with van der Waals surface area (Å²) in [5, 5.41) is 1.54. The monoisotopic (exact) mass is 204 g/mol. The number of aromatic nitrogens is 2.